The molecule has 136 valence electrons. The van der Waals surface area contributed by atoms with E-state index in [0.29, 0.717) is 44.7 Å². The molecule has 1 aliphatic rings. The van der Waals surface area contributed by atoms with Gasteiger partial charge in [0.2, 0.25) is 5.89 Å². The second-order valence-corrected chi connectivity index (χ2v) is 6.96. The number of hydrogen-bond acceptors (Lipinski definition) is 8. The van der Waals surface area contributed by atoms with Gasteiger partial charge in [0.25, 0.3) is 5.95 Å². The summed E-state index contributed by atoms with van der Waals surface area (Å²) in [7, 11) is 3.69. The highest BCUT2D eigenvalue weighted by molar-refractivity contribution is 5.68. The average molecular weight is 341 g/mol. The van der Waals surface area contributed by atoms with E-state index in [2.05, 4.69) is 15.5 Å². The summed E-state index contributed by atoms with van der Waals surface area (Å²) < 4.78 is 16.2. The van der Waals surface area contributed by atoms with E-state index in [0.717, 1.165) is 0 Å². The van der Waals surface area contributed by atoms with Gasteiger partial charge in [-0.1, -0.05) is 0 Å². The molecule has 1 aromatic rings. The Kier molecular flexibility index (Phi) is 6.00. The minimum atomic E-state index is -0.514. The lowest BCUT2D eigenvalue weighted by atomic mass is 10.2. The van der Waals surface area contributed by atoms with Crippen LogP contribution in [0.4, 0.5) is 10.7 Å². The van der Waals surface area contributed by atoms with Crippen LogP contribution in [0.3, 0.4) is 0 Å². The molecule has 24 heavy (non-hydrogen) atoms. The molecule has 0 radical (unpaired) electrons. The number of carbonyl (C=O) groups is 1. The van der Waals surface area contributed by atoms with Gasteiger partial charge in [-0.05, 0) is 25.9 Å². The first-order valence-corrected chi connectivity index (χ1v) is 8.03. The van der Waals surface area contributed by atoms with E-state index < -0.39 is 5.60 Å². The van der Waals surface area contributed by atoms with Crippen LogP contribution < -0.4 is 10.2 Å². The van der Waals surface area contributed by atoms with Crippen molar-refractivity contribution < 1.29 is 18.8 Å². The molecule has 1 N–H and O–H groups in total. The lowest BCUT2D eigenvalue weighted by Crippen LogP contribution is -2.45. The third-order valence-corrected chi connectivity index (χ3v) is 3.32. The van der Waals surface area contributed by atoms with Gasteiger partial charge < -0.3 is 29.1 Å². The molecule has 0 spiro atoms. The minimum absolute atomic E-state index is 0.0327. The van der Waals surface area contributed by atoms with Crippen LogP contribution in [0.25, 0.3) is 0 Å². The number of carbonyl (C=O) groups excluding carboxylic acids is 1. The smallest absolute Gasteiger partial charge is 0.410 e. The average Bonchev–Trinajstić information content (AvgIpc) is 2.82. The van der Waals surface area contributed by atoms with Crippen molar-refractivity contribution in [1.82, 2.24) is 20.4 Å². The first-order valence-electron chi connectivity index (χ1n) is 8.03. The SMILES string of the molecule is CN(C)c1noc(CN[C@@H]2COCCN(C(=O)OC(C)(C)C)C2)n1. The number of anilines is 1. The van der Waals surface area contributed by atoms with Gasteiger partial charge in [0.05, 0.1) is 19.8 Å². The molecule has 0 unspecified atom stereocenters. The van der Waals surface area contributed by atoms with Crippen LogP contribution >= 0.6 is 0 Å². The van der Waals surface area contributed by atoms with Crippen LogP contribution in [0.2, 0.25) is 0 Å². The number of nitrogens with one attached hydrogen (secondary N) is 1. The Labute approximate surface area is 142 Å². The van der Waals surface area contributed by atoms with Crippen molar-refractivity contribution >= 4 is 12.0 Å². The van der Waals surface area contributed by atoms with Gasteiger partial charge in [-0.2, -0.15) is 4.98 Å². The number of ether oxygens (including phenoxy) is 2. The lowest BCUT2D eigenvalue weighted by Gasteiger charge is -2.27. The van der Waals surface area contributed by atoms with Crippen LogP contribution in [0, 0.1) is 0 Å². The van der Waals surface area contributed by atoms with Gasteiger partial charge in [0.15, 0.2) is 0 Å². The zero-order valence-electron chi connectivity index (χ0n) is 15.0. The van der Waals surface area contributed by atoms with Crippen molar-refractivity contribution in [2.24, 2.45) is 0 Å². The number of hydrogen-bond donors (Lipinski definition) is 1. The summed E-state index contributed by atoms with van der Waals surface area (Å²) in [5.41, 5.74) is -0.514. The zero-order valence-corrected chi connectivity index (χ0v) is 15.0. The van der Waals surface area contributed by atoms with E-state index in [-0.39, 0.29) is 12.1 Å². The minimum Gasteiger partial charge on any atom is -0.444 e. The molecule has 9 heteroatoms. The molecule has 1 aromatic heterocycles. The second kappa shape index (κ2) is 7.80. The van der Waals surface area contributed by atoms with Gasteiger partial charge in [0.1, 0.15) is 5.60 Å². The van der Waals surface area contributed by atoms with Crippen molar-refractivity contribution in [2.45, 2.75) is 39.0 Å². The second-order valence-electron chi connectivity index (χ2n) is 6.96. The molecule has 0 aromatic carbocycles. The number of amides is 1. The van der Waals surface area contributed by atoms with Crippen molar-refractivity contribution in [3.63, 3.8) is 0 Å². The Morgan fingerprint density at radius 2 is 2.21 bits per heavy atom. The van der Waals surface area contributed by atoms with E-state index in [1.54, 1.807) is 9.80 Å². The highest BCUT2D eigenvalue weighted by Crippen LogP contribution is 2.12. The molecule has 9 nitrogen and oxygen atoms in total. The Hall–Kier alpha value is -1.87. The Balaban J connectivity index is 1.88. The molecule has 1 amide bonds. The van der Waals surface area contributed by atoms with Crippen LogP contribution in [0.1, 0.15) is 26.7 Å². The van der Waals surface area contributed by atoms with Gasteiger partial charge >= 0.3 is 6.09 Å². The highest BCUT2D eigenvalue weighted by Gasteiger charge is 2.26. The normalized spacial score (nSPS) is 19.0. The maximum Gasteiger partial charge on any atom is 0.410 e. The monoisotopic (exact) mass is 341 g/mol. The summed E-state index contributed by atoms with van der Waals surface area (Å²) >= 11 is 0. The fraction of sp³-hybridized carbons (Fsp3) is 0.800. The van der Waals surface area contributed by atoms with E-state index in [4.69, 9.17) is 14.0 Å². The molecule has 1 saturated heterocycles. The van der Waals surface area contributed by atoms with E-state index in [1.807, 2.05) is 34.9 Å². The predicted octanol–water partition coefficient (Wildman–Crippen LogP) is 0.861. The first kappa shape index (κ1) is 18.5. The molecule has 1 fully saturated rings. The molecule has 2 heterocycles. The summed E-state index contributed by atoms with van der Waals surface area (Å²) in [5, 5.41) is 7.15. The summed E-state index contributed by atoms with van der Waals surface area (Å²) in [5.74, 6) is 1.02. The highest BCUT2D eigenvalue weighted by atomic mass is 16.6. The van der Waals surface area contributed by atoms with Crippen molar-refractivity contribution in [3.8, 4) is 0 Å². The van der Waals surface area contributed by atoms with Gasteiger partial charge in [0, 0.05) is 33.2 Å². The van der Waals surface area contributed by atoms with E-state index in [1.165, 1.54) is 0 Å². The van der Waals surface area contributed by atoms with Crippen molar-refractivity contribution in [1.29, 1.82) is 0 Å². The van der Waals surface area contributed by atoms with Gasteiger partial charge in [-0.15, -0.1) is 0 Å². The molecular formula is C15H27N5O4. The summed E-state index contributed by atoms with van der Waals surface area (Å²) in [6.45, 7) is 7.99. The van der Waals surface area contributed by atoms with Crippen LogP contribution in [-0.4, -0.2) is 73.2 Å². The first-order chi connectivity index (χ1) is 11.2. The molecule has 0 aliphatic carbocycles. The molecule has 0 bridgehead atoms. The van der Waals surface area contributed by atoms with Crippen molar-refractivity contribution in [2.75, 3.05) is 45.3 Å². The van der Waals surface area contributed by atoms with Crippen LogP contribution in [0.5, 0.6) is 0 Å². The quantitative estimate of drug-likeness (QED) is 0.862. The summed E-state index contributed by atoms with van der Waals surface area (Å²) in [6.07, 6.45) is -0.326. The lowest BCUT2D eigenvalue weighted by molar-refractivity contribution is 0.0238. The van der Waals surface area contributed by atoms with E-state index in [9.17, 15) is 4.79 Å². The molecular weight excluding hydrogens is 314 g/mol. The standard InChI is InChI=1S/C15H27N5O4/c1-15(2,3)23-14(21)20-6-7-22-10-11(9-20)16-8-12-17-13(18-24-12)19(4)5/h11,16H,6-10H2,1-5H3/t11-/m0/s1. The number of rotatable bonds is 4. The Morgan fingerprint density at radius 3 is 2.83 bits per heavy atom. The number of nitrogens with zero attached hydrogens (tertiary/aromatic N) is 4. The third kappa shape index (κ3) is 5.64. The number of aromatic nitrogens is 2. The topological polar surface area (TPSA) is 93.0 Å². The maximum atomic E-state index is 12.2. The van der Waals surface area contributed by atoms with Crippen molar-refractivity contribution in [3.05, 3.63) is 5.89 Å². The fourth-order valence-electron chi connectivity index (χ4n) is 2.16. The Morgan fingerprint density at radius 1 is 1.46 bits per heavy atom. The summed E-state index contributed by atoms with van der Waals surface area (Å²) in [6, 6.07) is -0.0327. The molecule has 1 atom stereocenters. The van der Waals surface area contributed by atoms with Crippen LogP contribution in [0.15, 0.2) is 4.52 Å². The maximum absolute atomic E-state index is 12.2. The van der Waals surface area contributed by atoms with Gasteiger partial charge in [-0.25, -0.2) is 4.79 Å². The van der Waals surface area contributed by atoms with Gasteiger partial charge in [-0.3, -0.25) is 0 Å². The van der Waals surface area contributed by atoms with E-state index >= 15 is 0 Å². The molecule has 0 saturated carbocycles. The zero-order chi connectivity index (χ0) is 17.7. The Bertz CT molecular complexity index is 540. The fourth-order valence-corrected chi connectivity index (χ4v) is 2.16. The molecule has 2 rings (SSSR count). The summed E-state index contributed by atoms with van der Waals surface area (Å²) in [4.78, 5) is 19.9. The largest absolute Gasteiger partial charge is 0.444 e. The van der Waals surface area contributed by atoms with Crippen LogP contribution in [-0.2, 0) is 16.0 Å². The predicted molar refractivity (Wildman–Crippen MR) is 87.9 cm³/mol. The third-order valence-electron chi connectivity index (χ3n) is 3.32. The molecule has 1 aliphatic heterocycles.